The average molecular weight is 261 g/mol. The molecular formula is C17H27NO. The second-order valence-corrected chi connectivity index (χ2v) is 6.83. The molecule has 1 saturated carbocycles. The van der Waals surface area contributed by atoms with Gasteiger partial charge in [0.15, 0.2) is 0 Å². The summed E-state index contributed by atoms with van der Waals surface area (Å²) in [6.07, 6.45) is 3.78. The molecule has 0 amide bonds. The molecule has 0 saturated heterocycles. The normalized spacial score (nSPS) is 17.3. The van der Waals surface area contributed by atoms with Crippen LogP contribution >= 0.6 is 0 Å². The third-order valence-electron chi connectivity index (χ3n) is 3.71. The van der Waals surface area contributed by atoms with Gasteiger partial charge in [0.2, 0.25) is 0 Å². The molecule has 0 aliphatic heterocycles. The molecule has 0 bridgehead atoms. The number of benzene rings is 1. The van der Waals surface area contributed by atoms with Gasteiger partial charge in [-0.2, -0.15) is 0 Å². The van der Waals surface area contributed by atoms with E-state index in [4.69, 9.17) is 4.74 Å². The quantitative estimate of drug-likeness (QED) is 0.873. The Morgan fingerprint density at radius 1 is 1.32 bits per heavy atom. The fourth-order valence-electron chi connectivity index (χ4n) is 2.53. The van der Waals surface area contributed by atoms with Crippen LogP contribution in [0.3, 0.4) is 0 Å². The molecule has 0 radical (unpaired) electrons. The van der Waals surface area contributed by atoms with Crippen molar-refractivity contribution in [3.8, 4) is 5.75 Å². The van der Waals surface area contributed by atoms with Crippen molar-refractivity contribution in [1.29, 1.82) is 0 Å². The van der Waals surface area contributed by atoms with Gasteiger partial charge >= 0.3 is 0 Å². The van der Waals surface area contributed by atoms with Crippen LogP contribution in [-0.2, 0) is 11.8 Å². The maximum Gasteiger partial charge on any atom is 0.122 e. The predicted octanol–water partition coefficient (Wildman–Crippen LogP) is 3.68. The minimum atomic E-state index is 0.120. The molecule has 1 aromatic carbocycles. The van der Waals surface area contributed by atoms with Crippen LogP contribution in [0.25, 0.3) is 0 Å². The van der Waals surface area contributed by atoms with Crippen molar-refractivity contribution in [2.45, 2.75) is 64.5 Å². The molecule has 2 rings (SSSR count). The van der Waals surface area contributed by atoms with Crippen LogP contribution in [0.2, 0.25) is 0 Å². The van der Waals surface area contributed by atoms with Gasteiger partial charge < -0.3 is 10.1 Å². The lowest BCUT2D eigenvalue weighted by Gasteiger charge is -2.23. The van der Waals surface area contributed by atoms with Gasteiger partial charge in [0, 0.05) is 12.1 Å². The van der Waals surface area contributed by atoms with Gasteiger partial charge in [-0.1, -0.05) is 32.9 Å². The van der Waals surface area contributed by atoms with Crippen LogP contribution in [-0.4, -0.2) is 19.2 Å². The molecule has 1 fully saturated rings. The van der Waals surface area contributed by atoms with Crippen LogP contribution in [0.1, 0.15) is 51.7 Å². The minimum Gasteiger partial charge on any atom is -0.496 e. The van der Waals surface area contributed by atoms with Crippen LogP contribution in [0.15, 0.2) is 18.2 Å². The van der Waals surface area contributed by atoms with Crippen LogP contribution in [0.5, 0.6) is 5.75 Å². The van der Waals surface area contributed by atoms with Gasteiger partial charge in [0.25, 0.3) is 0 Å². The zero-order valence-electron chi connectivity index (χ0n) is 12.9. The second kappa shape index (κ2) is 5.54. The Kier molecular flexibility index (Phi) is 4.19. The Morgan fingerprint density at radius 3 is 2.53 bits per heavy atom. The summed E-state index contributed by atoms with van der Waals surface area (Å²) >= 11 is 0. The molecule has 1 aromatic rings. The first-order valence-corrected chi connectivity index (χ1v) is 7.33. The standard InChI is InChI=1S/C17H27NO/c1-12(18-14-7-8-14)10-13-6-9-16(19-5)15(11-13)17(2,3)4/h6,9,11-12,14,18H,7-8,10H2,1-5H3. The van der Waals surface area contributed by atoms with Gasteiger partial charge in [-0.05, 0) is 48.8 Å². The molecule has 0 heterocycles. The number of rotatable bonds is 5. The van der Waals surface area contributed by atoms with Crippen molar-refractivity contribution in [2.75, 3.05) is 7.11 Å². The first-order valence-electron chi connectivity index (χ1n) is 7.33. The molecule has 1 atom stereocenters. The molecule has 2 heteroatoms. The fourth-order valence-corrected chi connectivity index (χ4v) is 2.53. The molecule has 0 aromatic heterocycles. The van der Waals surface area contributed by atoms with Crippen LogP contribution in [0.4, 0.5) is 0 Å². The molecule has 1 aliphatic carbocycles. The zero-order valence-corrected chi connectivity index (χ0v) is 12.9. The molecule has 106 valence electrons. The molecule has 0 spiro atoms. The Labute approximate surface area is 117 Å². The third kappa shape index (κ3) is 3.97. The SMILES string of the molecule is COc1ccc(CC(C)NC2CC2)cc1C(C)(C)C. The third-order valence-corrected chi connectivity index (χ3v) is 3.71. The van der Waals surface area contributed by atoms with Crippen molar-refractivity contribution in [1.82, 2.24) is 5.32 Å². The zero-order chi connectivity index (χ0) is 14.0. The smallest absolute Gasteiger partial charge is 0.122 e. The molecule has 1 N–H and O–H groups in total. The van der Waals surface area contributed by atoms with E-state index in [0.29, 0.717) is 6.04 Å². The molecule has 1 aliphatic rings. The lowest BCUT2D eigenvalue weighted by atomic mass is 9.85. The van der Waals surface area contributed by atoms with Crippen molar-refractivity contribution in [3.05, 3.63) is 29.3 Å². The van der Waals surface area contributed by atoms with Crippen molar-refractivity contribution in [3.63, 3.8) is 0 Å². The number of methoxy groups -OCH3 is 1. The number of nitrogens with one attached hydrogen (secondary N) is 1. The summed E-state index contributed by atoms with van der Waals surface area (Å²) in [4.78, 5) is 0. The Morgan fingerprint density at radius 2 is 2.00 bits per heavy atom. The number of ether oxygens (including phenoxy) is 1. The Bertz CT molecular complexity index is 429. The van der Waals surface area contributed by atoms with Gasteiger partial charge in [-0.3, -0.25) is 0 Å². The van der Waals surface area contributed by atoms with E-state index in [0.717, 1.165) is 18.2 Å². The van der Waals surface area contributed by atoms with E-state index in [1.165, 1.54) is 24.0 Å². The van der Waals surface area contributed by atoms with Gasteiger partial charge in [0.1, 0.15) is 5.75 Å². The highest BCUT2D eigenvalue weighted by Crippen LogP contribution is 2.32. The monoisotopic (exact) mass is 261 g/mol. The predicted molar refractivity (Wildman–Crippen MR) is 81.0 cm³/mol. The van der Waals surface area contributed by atoms with Crippen molar-refractivity contribution >= 4 is 0 Å². The maximum absolute atomic E-state index is 5.49. The van der Waals surface area contributed by atoms with Gasteiger partial charge in [-0.25, -0.2) is 0 Å². The highest BCUT2D eigenvalue weighted by molar-refractivity contribution is 5.41. The Balaban J connectivity index is 2.12. The van der Waals surface area contributed by atoms with E-state index in [1.807, 2.05) is 0 Å². The number of hydrogen-bond acceptors (Lipinski definition) is 2. The first kappa shape index (κ1) is 14.4. The van der Waals surface area contributed by atoms with Crippen molar-refractivity contribution in [2.24, 2.45) is 0 Å². The lowest BCUT2D eigenvalue weighted by Crippen LogP contribution is -2.30. The fraction of sp³-hybridized carbons (Fsp3) is 0.647. The van der Waals surface area contributed by atoms with Gasteiger partial charge in [0.05, 0.1) is 7.11 Å². The van der Waals surface area contributed by atoms with E-state index < -0.39 is 0 Å². The lowest BCUT2D eigenvalue weighted by molar-refractivity contribution is 0.397. The Hall–Kier alpha value is -1.02. The van der Waals surface area contributed by atoms with E-state index in [9.17, 15) is 0 Å². The molecule has 2 nitrogen and oxygen atoms in total. The summed E-state index contributed by atoms with van der Waals surface area (Å²) in [5.74, 6) is 0.999. The van der Waals surface area contributed by atoms with Gasteiger partial charge in [-0.15, -0.1) is 0 Å². The van der Waals surface area contributed by atoms with Crippen LogP contribution in [0, 0.1) is 0 Å². The second-order valence-electron chi connectivity index (χ2n) is 6.83. The summed E-state index contributed by atoms with van der Waals surface area (Å²) < 4.78 is 5.49. The first-order chi connectivity index (χ1) is 8.90. The molecule has 19 heavy (non-hydrogen) atoms. The minimum absolute atomic E-state index is 0.120. The highest BCUT2D eigenvalue weighted by atomic mass is 16.5. The summed E-state index contributed by atoms with van der Waals surface area (Å²) in [5, 5.41) is 3.66. The largest absolute Gasteiger partial charge is 0.496 e. The highest BCUT2D eigenvalue weighted by Gasteiger charge is 2.23. The van der Waals surface area contributed by atoms with E-state index in [2.05, 4.69) is 51.2 Å². The summed E-state index contributed by atoms with van der Waals surface area (Å²) in [7, 11) is 1.75. The molecule has 1 unspecified atom stereocenters. The average Bonchev–Trinajstić information content (AvgIpc) is 3.11. The van der Waals surface area contributed by atoms with E-state index in [1.54, 1.807) is 7.11 Å². The summed E-state index contributed by atoms with van der Waals surface area (Å²) in [6, 6.07) is 7.94. The van der Waals surface area contributed by atoms with Crippen molar-refractivity contribution < 1.29 is 4.74 Å². The van der Waals surface area contributed by atoms with E-state index in [-0.39, 0.29) is 5.41 Å². The molecular weight excluding hydrogens is 234 g/mol. The maximum atomic E-state index is 5.49. The summed E-state index contributed by atoms with van der Waals surface area (Å²) in [5.41, 5.74) is 2.81. The number of hydrogen-bond donors (Lipinski definition) is 1. The summed E-state index contributed by atoms with van der Waals surface area (Å²) in [6.45, 7) is 8.99. The topological polar surface area (TPSA) is 21.3 Å². The van der Waals surface area contributed by atoms with Crippen LogP contribution < -0.4 is 10.1 Å². The van der Waals surface area contributed by atoms with E-state index >= 15 is 0 Å².